The Morgan fingerprint density at radius 2 is 2.32 bits per heavy atom. The molecule has 0 aliphatic carbocycles. The van der Waals surface area contributed by atoms with Crippen molar-refractivity contribution in [2.75, 3.05) is 31.7 Å². The number of benzene rings is 1. The minimum atomic E-state index is -0.547. The molecule has 1 fully saturated rings. The maximum Gasteiger partial charge on any atom is 0.126 e. The summed E-state index contributed by atoms with van der Waals surface area (Å²) in [5.41, 5.74) is 1.91. The van der Waals surface area contributed by atoms with Crippen molar-refractivity contribution in [1.82, 2.24) is 0 Å². The fourth-order valence-corrected chi connectivity index (χ4v) is 2.59. The first-order valence-corrected chi connectivity index (χ1v) is 6.88. The van der Waals surface area contributed by atoms with Gasteiger partial charge < -0.3 is 19.5 Å². The van der Waals surface area contributed by atoms with Gasteiger partial charge in [0.15, 0.2) is 0 Å². The van der Waals surface area contributed by atoms with Crippen LogP contribution in [0.5, 0.6) is 5.75 Å². The lowest BCUT2D eigenvalue weighted by Crippen LogP contribution is -2.42. The Morgan fingerprint density at radius 3 is 2.95 bits per heavy atom. The molecule has 1 heterocycles. The van der Waals surface area contributed by atoms with Gasteiger partial charge in [-0.15, -0.1) is 0 Å². The molecule has 4 heteroatoms. The number of ether oxygens (including phenoxy) is 2. The molecule has 0 radical (unpaired) electrons. The fraction of sp³-hybridized carbons (Fsp3) is 0.600. The summed E-state index contributed by atoms with van der Waals surface area (Å²) >= 11 is 0. The van der Waals surface area contributed by atoms with Gasteiger partial charge in [-0.25, -0.2) is 0 Å². The monoisotopic (exact) mass is 265 g/mol. The summed E-state index contributed by atoms with van der Waals surface area (Å²) in [7, 11) is 1.64. The van der Waals surface area contributed by atoms with E-state index in [0.717, 1.165) is 43.1 Å². The van der Waals surface area contributed by atoms with Crippen LogP contribution in [0.4, 0.5) is 5.69 Å². The Kier molecular flexibility index (Phi) is 4.66. The molecule has 19 heavy (non-hydrogen) atoms. The van der Waals surface area contributed by atoms with E-state index in [2.05, 4.69) is 11.8 Å². The van der Waals surface area contributed by atoms with Crippen LogP contribution in [0.15, 0.2) is 18.2 Å². The predicted octanol–water partition coefficient (Wildman–Crippen LogP) is 2.36. The third-order valence-electron chi connectivity index (χ3n) is 3.62. The summed E-state index contributed by atoms with van der Waals surface area (Å²) in [6.45, 7) is 6.36. The quantitative estimate of drug-likeness (QED) is 0.907. The average Bonchev–Trinajstić information content (AvgIpc) is 2.46. The average molecular weight is 265 g/mol. The molecule has 1 aromatic rings. The second-order valence-corrected chi connectivity index (χ2v) is 4.92. The SMILES string of the molecule is CCC1CN(c2cccc(OC)c2[C@H](C)O)CCO1. The van der Waals surface area contributed by atoms with Crippen LogP contribution in [-0.4, -0.2) is 38.0 Å². The van der Waals surface area contributed by atoms with Crippen LogP contribution < -0.4 is 9.64 Å². The third kappa shape index (κ3) is 3.01. The molecule has 4 nitrogen and oxygen atoms in total. The van der Waals surface area contributed by atoms with E-state index in [9.17, 15) is 5.11 Å². The van der Waals surface area contributed by atoms with Crippen LogP contribution in [0.3, 0.4) is 0 Å². The lowest BCUT2D eigenvalue weighted by Gasteiger charge is -2.36. The molecule has 1 aliphatic heterocycles. The Balaban J connectivity index is 2.33. The standard InChI is InChI=1S/C15H23NO3/c1-4-12-10-16(8-9-19-12)13-6-5-7-14(18-3)15(13)11(2)17/h5-7,11-12,17H,4,8-10H2,1-3H3/t11-,12?/m0/s1. The summed E-state index contributed by atoms with van der Waals surface area (Å²) in [5.74, 6) is 0.743. The van der Waals surface area contributed by atoms with Gasteiger partial charge in [0.1, 0.15) is 5.75 Å². The lowest BCUT2D eigenvalue weighted by molar-refractivity contribution is 0.0382. The zero-order valence-electron chi connectivity index (χ0n) is 11.9. The van der Waals surface area contributed by atoms with E-state index < -0.39 is 6.10 Å². The van der Waals surface area contributed by atoms with Crippen molar-refractivity contribution in [3.8, 4) is 5.75 Å². The van der Waals surface area contributed by atoms with Crippen molar-refractivity contribution in [2.45, 2.75) is 32.5 Å². The molecule has 2 atom stereocenters. The number of aliphatic hydroxyl groups is 1. The zero-order chi connectivity index (χ0) is 13.8. The number of hydrogen-bond donors (Lipinski definition) is 1. The molecule has 0 aromatic heterocycles. The van der Waals surface area contributed by atoms with Gasteiger partial charge in [-0.05, 0) is 25.5 Å². The van der Waals surface area contributed by atoms with Gasteiger partial charge >= 0.3 is 0 Å². The number of anilines is 1. The van der Waals surface area contributed by atoms with E-state index >= 15 is 0 Å². The summed E-state index contributed by atoms with van der Waals surface area (Å²) in [6.07, 6.45) is 0.723. The maximum absolute atomic E-state index is 10.0. The van der Waals surface area contributed by atoms with E-state index in [1.165, 1.54) is 0 Å². The largest absolute Gasteiger partial charge is 0.496 e. The number of methoxy groups -OCH3 is 1. The third-order valence-corrected chi connectivity index (χ3v) is 3.62. The molecule has 1 unspecified atom stereocenters. The molecule has 1 N–H and O–H groups in total. The lowest BCUT2D eigenvalue weighted by atomic mass is 10.0. The summed E-state index contributed by atoms with van der Waals surface area (Å²) < 4.78 is 11.1. The fourth-order valence-electron chi connectivity index (χ4n) is 2.59. The van der Waals surface area contributed by atoms with E-state index in [0.29, 0.717) is 0 Å². The van der Waals surface area contributed by atoms with Crippen LogP contribution in [0, 0.1) is 0 Å². The maximum atomic E-state index is 10.0. The van der Waals surface area contributed by atoms with Gasteiger partial charge in [0.05, 0.1) is 25.9 Å². The van der Waals surface area contributed by atoms with Crippen molar-refractivity contribution >= 4 is 5.69 Å². The zero-order valence-corrected chi connectivity index (χ0v) is 11.9. The molecule has 0 saturated carbocycles. The molecule has 0 spiro atoms. The molecular formula is C15H23NO3. The molecule has 0 amide bonds. The summed E-state index contributed by atoms with van der Waals surface area (Å²) in [6, 6.07) is 5.91. The summed E-state index contributed by atoms with van der Waals surface area (Å²) in [5, 5.41) is 10.0. The first kappa shape index (κ1) is 14.2. The van der Waals surface area contributed by atoms with E-state index in [4.69, 9.17) is 9.47 Å². The molecule has 0 bridgehead atoms. The highest BCUT2D eigenvalue weighted by Gasteiger charge is 2.24. The molecule has 1 aliphatic rings. The van der Waals surface area contributed by atoms with E-state index in [1.807, 2.05) is 18.2 Å². The van der Waals surface area contributed by atoms with Crippen molar-refractivity contribution in [3.63, 3.8) is 0 Å². The normalized spacial score (nSPS) is 21.3. The Bertz CT molecular complexity index is 420. The van der Waals surface area contributed by atoms with E-state index in [1.54, 1.807) is 14.0 Å². The minimum absolute atomic E-state index is 0.266. The second kappa shape index (κ2) is 6.26. The van der Waals surface area contributed by atoms with Gasteiger partial charge in [-0.1, -0.05) is 13.0 Å². The first-order valence-electron chi connectivity index (χ1n) is 6.88. The van der Waals surface area contributed by atoms with Crippen molar-refractivity contribution in [2.24, 2.45) is 0 Å². The first-order chi connectivity index (χ1) is 9.17. The topological polar surface area (TPSA) is 41.9 Å². The van der Waals surface area contributed by atoms with Crippen LogP contribution in [0.2, 0.25) is 0 Å². The number of nitrogens with zero attached hydrogens (tertiary/aromatic N) is 1. The number of morpholine rings is 1. The highest BCUT2D eigenvalue weighted by atomic mass is 16.5. The van der Waals surface area contributed by atoms with Crippen LogP contribution >= 0.6 is 0 Å². The van der Waals surface area contributed by atoms with Crippen molar-refractivity contribution < 1.29 is 14.6 Å². The number of aliphatic hydroxyl groups excluding tert-OH is 1. The highest BCUT2D eigenvalue weighted by Crippen LogP contribution is 2.35. The molecule has 1 saturated heterocycles. The summed E-state index contributed by atoms with van der Waals surface area (Å²) in [4.78, 5) is 2.28. The Morgan fingerprint density at radius 1 is 1.53 bits per heavy atom. The smallest absolute Gasteiger partial charge is 0.126 e. The minimum Gasteiger partial charge on any atom is -0.496 e. The van der Waals surface area contributed by atoms with Gasteiger partial charge in [-0.2, -0.15) is 0 Å². The molecular weight excluding hydrogens is 242 g/mol. The molecule has 106 valence electrons. The molecule has 2 rings (SSSR count). The van der Waals surface area contributed by atoms with E-state index in [-0.39, 0.29) is 6.10 Å². The van der Waals surface area contributed by atoms with Gasteiger partial charge in [0.2, 0.25) is 0 Å². The Hall–Kier alpha value is -1.26. The Labute approximate surface area is 114 Å². The highest BCUT2D eigenvalue weighted by molar-refractivity contribution is 5.60. The van der Waals surface area contributed by atoms with Crippen LogP contribution in [0.25, 0.3) is 0 Å². The number of rotatable bonds is 4. The van der Waals surface area contributed by atoms with Gasteiger partial charge in [0, 0.05) is 24.3 Å². The van der Waals surface area contributed by atoms with Crippen LogP contribution in [0.1, 0.15) is 31.9 Å². The van der Waals surface area contributed by atoms with Crippen molar-refractivity contribution in [3.05, 3.63) is 23.8 Å². The number of hydrogen-bond acceptors (Lipinski definition) is 4. The van der Waals surface area contributed by atoms with Gasteiger partial charge in [-0.3, -0.25) is 0 Å². The van der Waals surface area contributed by atoms with Gasteiger partial charge in [0.25, 0.3) is 0 Å². The van der Waals surface area contributed by atoms with Crippen molar-refractivity contribution in [1.29, 1.82) is 0 Å². The predicted molar refractivity (Wildman–Crippen MR) is 75.9 cm³/mol. The molecule has 1 aromatic carbocycles. The van der Waals surface area contributed by atoms with Crippen LogP contribution in [-0.2, 0) is 4.74 Å². The second-order valence-electron chi connectivity index (χ2n) is 4.92.